The molecule has 0 saturated heterocycles. The minimum absolute atomic E-state index is 0.282. The number of hydrogen-bond acceptors (Lipinski definition) is 2. The zero-order valence-electron chi connectivity index (χ0n) is 11.7. The molecule has 1 unspecified atom stereocenters. The van der Waals surface area contributed by atoms with E-state index >= 15 is 0 Å². The number of aromatic amines is 1. The first-order chi connectivity index (χ1) is 9.11. The molecule has 1 aromatic carbocycles. The van der Waals surface area contributed by atoms with E-state index in [1.807, 2.05) is 24.4 Å². The van der Waals surface area contributed by atoms with Gasteiger partial charge >= 0.3 is 5.97 Å². The van der Waals surface area contributed by atoms with Crippen molar-refractivity contribution in [3.8, 4) is 5.75 Å². The Labute approximate surface area is 113 Å². The van der Waals surface area contributed by atoms with Crippen LogP contribution in [0.5, 0.6) is 5.75 Å². The van der Waals surface area contributed by atoms with Crippen molar-refractivity contribution in [3.63, 3.8) is 0 Å². The largest absolute Gasteiger partial charge is 0.426 e. The van der Waals surface area contributed by atoms with Crippen molar-refractivity contribution in [2.45, 2.75) is 20.3 Å². The first-order valence-corrected chi connectivity index (χ1v) is 6.70. The molecule has 0 bridgehead atoms. The van der Waals surface area contributed by atoms with E-state index in [0.29, 0.717) is 5.75 Å². The van der Waals surface area contributed by atoms with Crippen molar-refractivity contribution in [3.05, 3.63) is 30.0 Å². The molecule has 0 saturated carbocycles. The maximum absolute atomic E-state index is 11.2. The van der Waals surface area contributed by atoms with Crippen LogP contribution in [-0.2, 0) is 11.2 Å². The summed E-state index contributed by atoms with van der Waals surface area (Å²) in [5.41, 5.74) is 2.22. The van der Waals surface area contributed by atoms with E-state index in [2.05, 4.69) is 19.0 Å². The summed E-state index contributed by atoms with van der Waals surface area (Å²) in [5, 5.41) is 1.03. The Hall–Kier alpha value is -1.81. The van der Waals surface area contributed by atoms with Crippen LogP contribution in [0.25, 0.3) is 10.9 Å². The van der Waals surface area contributed by atoms with Crippen LogP contribution < -0.4 is 9.64 Å². The molecule has 1 atom stereocenters. The fourth-order valence-corrected chi connectivity index (χ4v) is 2.18. The molecule has 0 aliphatic rings. The standard InChI is InChI=1S/C15H20N2O2/c1-4-17(3)9-8-12-10-16-13-6-5-7-14(15(12)13)19-11(2)18/h5-7,10,16H,4,8-9H2,1-3H3/p+1. The van der Waals surface area contributed by atoms with Gasteiger partial charge in [0.1, 0.15) is 5.75 Å². The summed E-state index contributed by atoms with van der Waals surface area (Å²) in [4.78, 5) is 15.9. The van der Waals surface area contributed by atoms with Gasteiger partial charge in [0, 0.05) is 30.4 Å². The van der Waals surface area contributed by atoms with Crippen LogP contribution in [0.4, 0.5) is 0 Å². The highest BCUT2D eigenvalue weighted by Gasteiger charge is 2.12. The summed E-state index contributed by atoms with van der Waals surface area (Å²) >= 11 is 0. The Balaban J connectivity index is 2.31. The van der Waals surface area contributed by atoms with Gasteiger partial charge in [0.25, 0.3) is 0 Å². The Morgan fingerprint density at radius 3 is 2.89 bits per heavy atom. The highest BCUT2D eigenvalue weighted by atomic mass is 16.5. The number of nitrogens with one attached hydrogen (secondary N) is 2. The molecule has 2 aromatic rings. The Morgan fingerprint density at radius 2 is 2.21 bits per heavy atom. The van der Waals surface area contributed by atoms with Gasteiger partial charge < -0.3 is 14.6 Å². The normalized spacial score (nSPS) is 12.6. The minimum atomic E-state index is -0.282. The second-order valence-corrected chi connectivity index (χ2v) is 4.90. The third-order valence-electron chi connectivity index (χ3n) is 3.43. The van der Waals surface area contributed by atoms with Gasteiger partial charge in [-0.3, -0.25) is 4.79 Å². The number of rotatable bonds is 5. The van der Waals surface area contributed by atoms with E-state index in [-0.39, 0.29) is 5.97 Å². The fourth-order valence-electron chi connectivity index (χ4n) is 2.18. The molecule has 0 amide bonds. The molecule has 2 rings (SSSR count). The van der Waals surface area contributed by atoms with Gasteiger partial charge in [0.15, 0.2) is 0 Å². The molecule has 0 aliphatic heterocycles. The van der Waals surface area contributed by atoms with E-state index < -0.39 is 0 Å². The molecular formula is C15H21N2O2+. The lowest BCUT2D eigenvalue weighted by Crippen LogP contribution is -3.08. The van der Waals surface area contributed by atoms with Gasteiger partial charge in [0.2, 0.25) is 0 Å². The zero-order chi connectivity index (χ0) is 13.8. The smallest absolute Gasteiger partial charge is 0.308 e. The van der Waals surface area contributed by atoms with Gasteiger partial charge in [-0.05, 0) is 24.6 Å². The first-order valence-electron chi connectivity index (χ1n) is 6.70. The lowest BCUT2D eigenvalue weighted by molar-refractivity contribution is -0.877. The average Bonchev–Trinajstić information content (AvgIpc) is 2.79. The van der Waals surface area contributed by atoms with E-state index in [1.54, 1.807) is 0 Å². The van der Waals surface area contributed by atoms with E-state index in [1.165, 1.54) is 17.4 Å². The predicted molar refractivity (Wildman–Crippen MR) is 75.6 cm³/mol. The summed E-state index contributed by atoms with van der Waals surface area (Å²) in [6.45, 7) is 5.78. The number of H-pyrrole nitrogens is 1. The van der Waals surface area contributed by atoms with Crippen LogP contribution in [0.1, 0.15) is 19.4 Å². The number of carbonyl (C=O) groups excluding carboxylic acids is 1. The average molecular weight is 261 g/mol. The molecule has 0 radical (unpaired) electrons. The highest BCUT2D eigenvalue weighted by molar-refractivity contribution is 5.91. The minimum Gasteiger partial charge on any atom is -0.426 e. The van der Waals surface area contributed by atoms with Crippen LogP contribution >= 0.6 is 0 Å². The predicted octanol–water partition coefficient (Wildman–Crippen LogP) is 1.17. The molecule has 1 aromatic heterocycles. The summed E-state index contributed by atoms with van der Waals surface area (Å²) < 4.78 is 5.29. The molecule has 0 aliphatic carbocycles. The third kappa shape index (κ3) is 3.15. The van der Waals surface area contributed by atoms with Gasteiger partial charge in [-0.25, -0.2) is 0 Å². The molecule has 4 heteroatoms. The van der Waals surface area contributed by atoms with Crippen molar-refractivity contribution in [2.24, 2.45) is 0 Å². The van der Waals surface area contributed by atoms with Crippen molar-refractivity contribution in [1.82, 2.24) is 4.98 Å². The van der Waals surface area contributed by atoms with Crippen molar-refractivity contribution in [2.75, 3.05) is 20.1 Å². The summed E-state index contributed by atoms with van der Waals surface area (Å²) in [6.07, 6.45) is 2.98. The quantitative estimate of drug-likeness (QED) is 0.627. The maximum Gasteiger partial charge on any atom is 0.308 e. The number of aromatic nitrogens is 1. The fraction of sp³-hybridized carbons (Fsp3) is 0.400. The van der Waals surface area contributed by atoms with Crippen LogP contribution in [0.15, 0.2) is 24.4 Å². The van der Waals surface area contributed by atoms with Gasteiger partial charge in [-0.1, -0.05) is 6.07 Å². The number of likely N-dealkylation sites (N-methyl/N-ethyl adjacent to an activating group) is 1. The number of carbonyl (C=O) groups is 1. The van der Waals surface area contributed by atoms with Gasteiger partial charge in [0.05, 0.1) is 20.1 Å². The molecule has 19 heavy (non-hydrogen) atoms. The summed E-state index contributed by atoms with van der Waals surface area (Å²) in [7, 11) is 2.18. The van der Waals surface area contributed by atoms with Crippen molar-refractivity contribution in [1.29, 1.82) is 0 Å². The number of hydrogen-bond donors (Lipinski definition) is 2. The van der Waals surface area contributed by atoms with Crippen LogP contribution in [0.3, 0.4) is 0 Å². The van der Waals surface area contributed by atoms with Crippen molar-refractivity contribution < 1.29 is 14.4 Å². The first kappa shape index (κ1) is 13.6. The Kier molecular flexibility index (Phi) is 4.22. The summed E-state index contributed by atoms with van der Waals surface area (Å²) in [6, 6.07) is 5.74. The number of ether oxygens (including phenoxy) is 1. The third-order valence-corrected chi connectivity index (χ3v) is 3.43. The second kappa shape index (κ2) is 5.89. The number of quaternary nitrogens is 1. The molecule has 4 nitrogen and oxygen atoms in total. The highest BCUT2D eigenvalue weighted by Crippen LogP contribution is 2.29. The Bertz CT molecular complexity index is 575. The topological polar surface area (TPSA) is 46.5 Å². The zero-order valence-corrected chi connectivity index (χ0v) is 11.7. The second-order valence-electron chi connectivity index (χ2n) is 4.90. The number of esters is 1. The lowest BCUT2D eigenvalue weighted by atomic mass is 10.1. The van der Waals surface area contributed by atoms with Crippen LogP contribution in [-0.4, -0.2) is 31.1 Å². The van der Waals surface area contributed by atoms with Crippen LogP contribution in [0, 0.1) is 0 Å². The van der Waals surface area contributed by atoms with Gasteiger partial charge in [-0.15, -0.1) is 0 Å². The number of benzene rings is 1. The molecule has 1 heterocycles. The SMILES string of the molecule is CC[NH+](C)CCc1c[nH]c2cccc(OC(C)=O)c12. The molecule has 2 N–H and O–H groups in total. The molecule has 0 fully saturated rings. The molecule has 0 spiro atoms. The Morgan fingerprint density at radius 1 is 1.42 bits per heavy atom. The van der Waals surface area contributed by atoms with E-state index in [9.17, 15) is 4.79 Å². The van der Waals surface area contributed by atoms with Crippen LogP contribution in [0.2, 0.25) is 0 Å². The molecular weight excluding hydrogens is 240 g/mol. The maximum atomic E-state index is 11.2. The summed E-state index contributed by atoms with van der Waals surface area (Å²) in [5.74, 6) is 0.367. The van der Waals surface area contributed by atoms with E-state index in [4.69, 9.17) is 4.74 Å². The van der Waals surface area contributed by atoms with Gasteiger partial charge in [-0.2, -0.15) is 0 Å². The lowest BCUT2D eigenvalue weighted by Gasteiger charge is -2.11. The molecule has 102 valence electrons. The number of fused-ring (bicyclic) bond motifs is 1. The van der Waals surface area contributed by atoms with Crippen molar-refractivity contribution >= 4 is 16.9 Å². The monoisotopic (exact) mass is 261 g/mol. The van der Waals surface area contributed by atoms with E-state index in [0.717, 1.165) is 30.4 Å².